The molecule has 17 heavy (non-hydrogen) atoms. The van der Waals surface area contributed by atoms with E-state index in [0.717, 1.165) is 0 Å². The van der Waals surface area contributed by atoms with Crippen molar-refractivity contribution in [3.63, 3.8) is 0 Å². The van der Waals surface area contributed by atoms with Crippen LogP contribution in [0.1, 0.15) is 20.8 Å². The van der Waals surface area contributed by atoms with Gasteiger partial charge in [0.15, 0.2) is 0 Å². The van der Waals surface area contributed by atoms with Gasteiger partial charge in [-0.2, -0.15) is 5.26 Å². The summed E-state index contributed by atoms with van der Waals surface area (Å²) in [6.45, 7) is 12.4. The molecule has 0 rings (SSSR count). The number of allylic oxidation sites excluding steroid dienone is 2. The number of hydrogen-bond acceptors (Lipinski definition) is 3. The molecule has 0 fully saturated rings. The van der Waals surface area contributed by atoms with E-state index in [1.807, 2.05) is 6.92 Å². The average molecular weight is 239 g/mol. The Labute approximate surface area is 102 Å². The number of alkyl halides is 1. The van der Waals surface area contributed by atoms with E-state index in [-0.39, 0.29) is 5.76 Å². The van der Waals surface area contributed by atoms with Crippen LogP contribution in [0, 0.1) is 17.2 Å². The smallest absolute Gasteiger partial charge is 0.235 e. The molecule has 0 radical (unpaired) electrons. The molecule has 0 aliphatic carbocycles. The quantitative estimate of drug-likeness (QED) is 0.504. The third-order valence-electron chi connectivity index (χ3n) is 1.94. The molecule has 0 amide bonds. The van der Waals surface area contributed by atoms with Gasteiger partial charge in [-0.15, -0.1) is 0 Å². The lowest BCUT2D eigenvalue weighted by Crippen LogP contribution is -2.07. The fraction of sp³-hybridized carbons (Fsp3) is 0.462. The van der Waals surface area contributed by atoms with Crippen LogP contribution in [-0.4, -0.2) is 13.0 Å². The largest absolute Gasteiger partial charge is 0.497 e. The fourth-order valence-electron chi connectivity index (χ4n) is 1.28. The van der Waals surface area contributed by atoms with Gasteiger partial charge in [-0.1, -0.05) is 13.2 Å². The van der Waals surface area contributed by atoms with Gasteiger partial charge in [-0.25, -0.2) is 4.39 Å². The molecule has 2 atom stereocenters. The Morgan fingerprint density at radius 3 is 2.53 bits per heavy atom. The summed E-state index contributed by atoms with van der Waals surface area (Å²) >= 11 is 0. The van der Waals surface area contributed by atoms with Gasteiger partial charge in [-0.05, 0) is 25.5 Å². The average Bonchev–Trinajstić information content (AvgIpc) is 2.17. The van der Waals surface area contributed by atoms with E-state index in [1.165, 1.54) is 13.0 Å². The Morgan fingerprint density at radius 1 is 1.53 bits per heavy atom. The standard InChI is InChI=1S/C13H18FNO2/c1-6-16-11(4)13(8-15)9(2)7-10(3)17-12(5)14/h7,12-13H,3-4,6H2,1-2,5H3. The molecule has 0 bridgehead atoms. The second-order valence-electron chi connectivity index (χ2n) is 3.48. The van der Waals surface area contributed by atoms with Crippen LogP contribution in [0.3, 0.4) is 0 Å². The number of ether oxygens (including phenoxy) is 2. The van der Waals surface area contributed by atoms with Gasteiger partial charge in [0, 0.05) is 6.92 Å². The summed E-state index contributed by atoms with van der Waals surface area (Å²) in [5, 5.41) is 9.01. The van der Waals surface area contributed by atoms with Crippen molar-refractivity contribution < 1.29 is 13.9 Å². The Balaban J connectivity index is 4.70. The summed E-state index contributed by atoms with van der Waals surface area (Å²) in [5.74, 6) is -0.0443. The Kier molecular flexibility index (Phi) is 6.73. The van der Waals surface area contributed by atoms with Crippen LogP contribution in [0.4, 0.5) is 4.39 Å². The van der Waals surface area contributed by atoms with E-state index in [0.29, 0.717) is 17.9 Å². The minimum Gasteiger partial charge on any atom is -0.497 e. The summed E-state index contributed by atoms with van der Waals surface area (Å²) in [7, 11) is 0. The molecule has 0 saturated heterocycles. The maximum Gasteiger partial charge on any atom is 0.235 e. The molecule has 0 aliphatic rings. The van der Waals surface area contributed by atoms with Gasteiger partial charge in [0.1, 0.15) is 17.4 Å². The van der Waals surface area contributed by atoms with Crippen molar-refractivity contribution >= 4 is 0 Å². The van der Waals surface area contributed by atoms with E-state index >= 15 is 0 Å². The van der Waals surface area contributed by atoms with Crippen LogP contribution in [0.2, 0.25) is 0 Å². The molecule has 0 aromatic carbocycles. The van der Waals surface area contributed by atoms with Gasteiger partial charge >= 0.3 is 0 Å². The maximum atomic E-state index is 12.5. The highest BCUT2D eigenvalue weighted by molar-refractivity contribution is 5.27. The molecular formula is C13H18FNO2. The van der Waals surface area contributed by atoms with Crippen molar-refractivity contribution in [2.24, 2.45) is 5.92 Å². The second-order valence-corrected chi connectivity index (χ2v) is 3.48. The normalized spacial score (nSPS) is 14.4. The molecular weight excluding hydrogens is 221 g/mol. The van der Waals surface area contributed by atoms with Crippen molar-refractivity contribution in [3.05, 3.63) is 36.3 Å². The summed E-state index contributed by atoms with van der Waals surface area (Å²) in [6.07, 6.45) is 0.0796. The van der Waals surface area contributed by atoms with Crippen molar-refractivity contribution in [1.29, 1.82) is 5.26 Å². The molecule has 3 nitrogen and oxygen atoms in total. The Morgan fingerprint density at radius 2 is 2.12 bits per heavy atom. The molecule has 0 spiro atoms. The third kappa shape index (κ3) is 5.76. The van der Waals surface area contributed by atoms with Crippen LogP contribution in [0.5, 0.6) is 0 Å². The number of halogens is 1. The van der Waals surface area contributed by atoms with Gasteiger partial charge < -0.3 is 9.47 Å². The highest BCUT2D eigenvalue weighted by atomic mass is 19.1. The van der Waals surface area contributed by atoms with Crippen molar-refractivity contribution in [3.8, 4) is 6.07 Å². The van der Waals surface area contributed by atoms with Crippen LogP contribution in [0.15, 0.2) is 36.3 Å². The van der Waals surface area contributed by atoms with Gasteiger partial charge in [0.05, 0.1) is 12.7 Å². The zero-order chi connectivity index (χ0) is 13.4. The molecule has 0 aliphatic heterocycles. The predicted molar refractivity (Wildman–Crippen MR) is 64.4 cm³/mol. The first-order chi connectivity index (χ1) is 7.92. The van der Waals surface area contributed by atoms with Gasteiger partial charge in [0.25, 0.3) is 0 Å². The minimum absolute atomic E-state index is 0.169. The first-order valence-corrected chi connectivity index (χ1v) is 5.31. The van der Waals surface area contributed by atoms with E-state index in [4.69, 9.17) is 14.7 Å². The Hall–Kier alpha value is -1.76. The zero-order valence-corrected chi connectivity index (χ0v) is 10.5. The number of hydrogen-bond donors (Lipinski definition) is 0. The highest BCUT2D eigenvalue weighted by Crippen LogP contribution is 2.21. The van der Waals surface area contributed by atoms with Crippen LogP contribution in [-0.2, 0) is 9.47 Å². The number of rotatable bonds is 7. The van der Waals surface area contributed by atoms with E-state index < -0.39 is 12.3 Å². The van der Waals surface area contributed by atoms with E-state index in [2.05, 4.69) is 19.2 Å². The molecule has 2 unspecified atom stereocenters. The first kappa shape index (κ1) is 15.2. The molecule has 0 N–H and O–H groups in total. The molecule has 0 saturated carbocycles. The lowest BCUT2D eigenvalue weighted by Gasteiger charge is -2.14. The Bertz CT molecular complexity index is 353. The number of nitrogens with zero attached hydrogens (tertiary/aromatic N) is 1. The minimum atomic E-state index is -1.43. The first-order valence-electron chi connectivity index (χ1n) is 5.31. The molecule has 4 heteroatoms. The van der Waals surface area contributed by atoms with Crippen molar-refractivity contribution in [2.75, 3.05) is 6.61 Å². The topological polar surface area (TPSA) is 42.2 Å². The molecule has 0 aromatic rings. The van der Waals surface area contributed by atoms with E-state index in [9.17, 15) is 4.39 Å². The van der Waals surface area contributed by atoms with Crippen LogP contribution >= 0.6 is 0 Å². The predicted octanol–water partition coefficient (Wildman–Crippen LogP) is 3.47. The summed E-state index contributed by atoms with van der Waals surface area (Å²) < 4.78 is 22.5. The SMILES string of the molecule is C=C(C=C(C)C(C#N)C(=C)OCC)OC(C)F. The maximum absolute atomic E-state index is 12.5. The van der Waals surface area contributed by atoms with Crippen molar-refractivity contribution in [2.45, 2.75) is 27.1 Å². The molecule has 94 valence electrons. The summed E-state index contributed by atoms with van der Waals surface area (Å²) in [5.41, 5.74) is 0.650. The summed E-state index contributed by atoms with van der Waals surface area (Å²) in [6, 6.07) is 2.06. The lowest BCUT2D eigenvalue weighted by atomic mass is 10.00. The highest BCUT2D eigenvalue weighted by Gasteiger charge is 2.15. The zero-order valence-electron chi connectivity index (χ0n) is 10.5. The van der Waals surface area contributed by atoms with Crippen LogP contribution in [0.25, 0.3) is 0 Å². The monoisotopic (exact) mass is 239 g/mol. The van der Waals surface area contributed by atoms with Gasteiger partial charge in [0.2, 0.25) is 6.36 Å². The van der Waals surface area contributed by atoms with Crippen LogP contribution < -0.4 is 0 Å². The lowest BCUT2D eigenvalue weighted by molar-refractivity contribution is 0.0289. The van der Waals surface area contributed by atoms with Gasteiger partial charge in [-0.3, -0.25) is 0 Å². The van der Waals surface area contributed by atoms with E-state index in [1.54, 1.807) is 6.92 Å². The second kappa shape index (κ2) is 7.50. The molecule has 0 aromatic heterocycles. The summed E-state index contributed by atoms with van der Waals surface area (Å²) in [4.78, 5) is 0. The number of nitriles is 1. The molecule has 0 heterocycles. The van der Waals surface area contributed by atoms with Crippen molar-refractivity contribution in [1.82, 2.24) is 0 Å². The third-order valence-corrected chi connectivity index (χ3v) is 1.94. The fourth-order valence-corrected chi connectivity index (χ4v) is 1.28.